The minimum atomic E-state index is -1.26. The van der Waals surface area contributed by atoms with Gasteiger partial charge in [0.25, 0.3) is 0 Å². The lowest BCUT2D eigenvalue weighted by atomic mass is 9.64. The SMILES string of the molecule is C=CCN(CCN1CCOCC1)C(=O)C1N([C@H](CO)c2ccccc2)C(=O)[C@@H]2[C@@H](C(=O)N(CC=C)c3ccc(OCC)cc3)[C@@]3(CC)CCC12O3. The number of carbonyl (C=O) groups excluding carboxylic acids is 3. The van der Waals surface area contributed by atoms with Crippen LogP contribution in [0.25, 0.3) is 0 Å². The number of amides is 3. The van der Waals surface area contributed by atoms with Crippen LogP contribution in [-0.2, 0) is 23.9 Å². The molecule has 11 nitrogen and oxygen atoms in total. The first-order chi connectivity index (χ1) is 24.8. The molecule has 1 N–H and O–H groups in total. The van der Waals surface area contributed by atoms with Crippen molar-refractivity contribution < 1.29 is 33.7 Å². The second-order valence-electron chi connectivity index (χ2n) is 13.9. The highest BCUT2D eigenvalue weighted by Gasteiger charge is 2.79. The van der Waals surface area contributed by atoms with E-state index in [-0.39, 0.29) is 30.8 Å². The number of aliphatic hydroxyl groups excluding tert-OH is 1. The Morgan fingerprint density at radius 3 is 2.35 bits per heavy atom. The molecule has 4 fully saturated rings. The molecule has 6 rings (SSSR count). The molecule has 4 saturated heterocycles. The van der Waals surface area contributed by atoms with E-state index in [0.717, 1.165) is 13.1 Å². The molecule has 3 amide bonds. The van der Waals surface area contributed by atoms with Crippen molar-refractivity contribution in [3.05, 3.63) is 85.5 Å². The summed E-state index contributed by atoms with van der Waals surface area (Å²) in [5, 5.41) is 11.0. The van der Waals surface area contributed by atoms with E-state index in [1.807, 2.05) is 68.4 Å². The number of rotatable bonds is 16. The highest BCUT2D eigenvalue weighted by molar-refractivity contribution is 6.03. The number of morpholine rings is 1. The van der Waals surface area contributed by atoms with Gasteiger partial charge in [0.1, 0.15) is 17.4 Å². The number of fused-ring (bicyclic) bond motifs is 1. The van der Waals surface area contributed by atoms with Crippen molar-refractivity contribution in [3.63, 3.8) is 0 Å². The van der Waals surface area contributed by atoms with Gasteiger partial charge in [0.15, 0.2) is 0 Å². The quantitative estimate of drug-likeness (QED) is 0.263. The zero-order valence-electron chi connectivity index (χ0n) is 30.0. The number of likely N-dealkylation sites (tertiary alicyclic amines) is 1. The third-order valence-corrected chi connectivity index (χ3v) is 11.3. The third kappa shape index (κ3) is 6.61. The molecule has 2 bridgehead atoms. The Kier molecular flexibility index (Phi) is 11.3. The predicted octanol–water partition coefficient (Wildman–Crippen LogP) is 3.84. The van der Waals surface area contributed by atoms with Crippen molar-refractivity contribution in [1.82, 2.24) is 14.7 Å². The fourth-order valence-electron chi connectivity index (χ4n) is 8.89. The van der Waals surface area contributed by atoms with Crippen LogP contribution in [0.4, 0.5) is 5.69 Å². The Balaban J connectivity index is 1.42. The Bertz CT molecular complexity index is 1560. The molecular weight excluding hydrogens is 648 g/mol. The molecule has 2 unspecified atom stereocenters. The highest BCUT2D eigenvalue weighted by Crippen LogP contribution is 2.65. The van der Waals surface area contributed by atoms with Crippen LogP contribution in [0, 0.1) is 11.8 Å². The van der Waals surface area contributed by atoms with Gasteiger partial charge >= 0.3 is 0 Å². The number of benzene rings is 2. The summed E-state index contributed by atoms with van der Waals surface area (Å²) in [6.07, 6.45) is 4.83. The van der Waals surface area contributed by atoms with Crippen molar-refractivity contribution in [2.45, 2.75) is 56.4 Å². The first-order valence-corrected chi connectivity index (χ1v) is 18.3. The number of carbonyl (C=O) groups is 3. The van der Waals surface area contributed by atoms with Crippen LogP contribution in [0.5, 0.6) is 5.75 Å². The molecule has 11 heteroatoms. The van der Waals surface area contributed by atoms with Crippen LogP contribution >= 0.6 is 0 Å². The number of hydrogen-bond donors (Lipinski definition) is 1. The second-order valence-corrected chi connectivity index (χ2v) is 13.9. The van der Waals surface area contributed by atoms with Crippen molar-refractivity contribution in [3.8, 4) is 5.75 Å². The van der Waals surface area contributed by atoms with Gasteiger partial charge in [-0.15, -0.1) is 13.2 Å². The summed E-state index contributed by atoms with van der Waals surface area (Å²) in [6, 6.07) is 14.7. The van der Waals surface area contributed by atoms with Gasteiger partial charge in [-0.1, -0.05) is 49.4 Å². The lowest BCUT2D eigenvalue weighted by Crippen LogP contribution is -2.58. The predicted molar refractivity (Wildman–Crippen MR) is 194 cm³/mol. The summed E-state index contributed by atoms with van der Waals surface area (Å²) in [4.78, 5) is 52.5. The molecule has 51 heavy (non-hydrogen) atoms. The van der Waals surface area contributed by atoms with Gasteiger partial charge in [-0.25, -0.2) is 0 Å². The summed E-state index contributed by atoms with van der Waals surface area (Å²) < 4.78 is 18.3. The molecule has 4 aliphatic rings. The summed E-state index contributed by atoms with van der Waals surface area (Å²) in [6.45, 7) is 16.3. The Labute approximate surface area is 301 Å². The largest absolute Gasteiger partial charge is 0.494 e. The van der Waals surface area contributed by atoms with Crippen LogP contribution in [0.2, 0.25) is 0 Å². The lowest BCUT2D eigenvalue weighted by molar-refractivity contribution is -0.156. The summed E-state index contributed by atoms with van der Waals surface area (Å²) in [5.74, 6) is -1.94. The Morgan fingerprint density at radius 1 is 1.02 bits per heavy atom. The minimum Gasteiger partial charge on any atom is -0.494 e. The van der Waals surface area contributed by atoms with E-state index >= 15 is 14.4 Å². The summed E-state index contributed by atoms with van der Waals surface area (Å²) >= 11 is 0. The second kappa shape index (κ2) is 15.7. The highest BCUT2D eigenvalue weighted by atomic mass is 16.5. The molecule has 0 aromatic heterocycles. The van der Waals surface area contributed by atoms with E-state index in [9.17, 15) is 5.11 Å². The zero-order chi connectivity index (χ0) is 36.2. The van der Waals surface area contributed by atoms with Crippen LogP contribution in [-0.4, -0.2) is 120 Å². The Morgan fingerprint density at radius 2 is 1.73 bits per heavy atom. The minimum absolute atomic E-state index is 0.223. The molecular formula is C40H52N4O7. The van der Waals surface area contributed by atoms with Gasteiger partial charge in [0.2, 0.25) is 17.7 Å². The lowest BCUT2D eigenvalue weighted by Gasteiger charge is -2.40. The molecule has 6 atom stereocenters. The van der Waals surface area contributed by atoms with Crippen LogP contribution in [0.1, 0.15) is 44.7 Å². The topological polar surface area (TPSA) is 112 Å². The Hall–Kier alpha value is -4.03. The van der Waals surface area contributed by atoms with Crippen LogP contribution in [0.3, 0.4) is 0 Å². The molecule has 0 aliphatic carbocycles. The van der Waals surface area contributed by atoms with E-state index in [0.29, 0.717) is 69.2 Å². The van der Waals surface area contributed by atoms with Gasteiger partial charge in [-0.2, -0.15) is 0 Å². The van der Waals surface area contributed by atoms with Crippen molar-refractivity contribution >= 4 is 23.4 Å². The standard InChI is InChI=1S/C40H52N4O7/c1-5-20-42(23-22-41-24-26-49-27-25-41)38(48)35-40-19-18-39(7-3,51-40)33(34(40)37(47)44(35)32(28-45)29-12-10-9-11-13-29)36(46)43(21-6-2)30-14-16-31(17-15-30)50-8-4/h5-6,9-17,32-35,45H,1-2,7-8,18-28H2,3-4H3/t32-,33+,34+,35?,39-,40?/m1/s1. The van der Waals surface area contributed by atoms with E-state index in [4.69, 9.17) is 14.2 Å². The maximum atomic E-state index is 15.2. The molecule has 4 aliphatic heterocycles. The first-order valence-electron chi connectivity index (χ1n) is 18.3. The smallest absolute Gasteiger partial charge is 0.248 e. The van der Waals surface area contributed by atoms with Crippen molar-refractivity contribution in [1.29, 1.82) is 0 Å². The average molecular weight is 701 g/mol. The number of anilines is 1. The van der Waals surface area contributed by atoms with Gasteiger partial charge in [-0.3, -0.25) is 19.3 Å². The molecule has 0 saturated carbocycles. The number of nitrogens with zero attached hydrogens (tertiary/aromatic N) is 4. The van der Waals surface area contributed by atoms with E-state index in [1.165, 1.54) is 0 Å². The molecule has 274 valence electrons. The number of aliphatic hydroxyl groups is 1. The van der Waals surface area contributed by atoms with Crippen molar-refractivity contribution in [2.75, 3.05) is 70.6 Å². The molecule has 1 spiro atoms. The average Bonchev–Trinajstić information content (AvgIpc) is 3.77. The van der Waals surface area contributed by atoms with E-state index in [1.54, 1.807) is 26.9 Å². The molecule has 2 aromatic rings. The maximum absolute atomic E-state index is 15.2. The normalized spacial score (nSPS) is 27.5. The number of hydrogen-bond acceptors (Lipinski definition) is 8. The first kappa shape index (κ1) is 36.8. The fourth-order valence-corrected chi connectivity index (χ4v) is 8.89. The monoisotopic (exact) mass is 700 g/mol. The number of ether oxygens (including phenoxy) is 3. The van der Waals surface area contributed by atoms with Gasteiger partial charge in [-0.05, 0) is 56.0 Å². The van der Waals surface area contributed by atoms with Gasteiger partial charge < -0.3 is 34.0 Å². The maximum Gasteiger partial charge on any atom is 0.248 e. The van der Waals surface area contributed by atoms with Crippen molar-refractivity contribution in [2.24, 2.45) is 11.8 Å². The summed E-state index contributed by atoms with van der Waals surface area (Å²) in [7, 11) is 0. The van der Waals surface area contributed by atoms with Gasteiger partial charge in [0, 0.05) is 45.0 Å². The molecule has 0 radical (unpaired) electrons. The fraction of sp³-hybridized carbons (Fsp3) is 0.525. The zero-order valence-corrected chi connectivity index (χ0v) is 30.0. The third-order valence-electron chi connectivity index (χ3n) is 11.3. The van der Waals surface area contributed by atoms with Gasteiger partial charge in [0.05, 0.1) is 49.9 Å². The van der Waals surface area contributed by atoms with E-state index < -0.39 is 41.7 Å². The van der Waals surface area contributed by atoms with E-state index in [2.05, 4.69) is 18.1 Å². The summed E-state index contributed by atoms with van der Waals surface area (Å²) in [5.41, 5.74) is -0.842. The van der Waals surface area contributed by atoms with Crippen LogP contribution < -0.4 is 9.64 Å². The molecule has 2 aromatic carbocycles. The molecule has 4 heterocycles. The van der Waals surface area contributed by atoms with Crippen LogP contribution in [0.15, 0.2) is 79.9 Å².